The Labute approximate surface area is 144 Å². The fourth-order valence-electron chi connectivity index (χ4n) is 1.98. The van der Waals surface area contributed by atoms with Crippen molar-refractivity contribution in [2.45, 2.75) is 24.3 Å². The third-order valence-electron chi connectivity index (χ3n) is 3.14. The molecular formula is C14H15Cl2NO3S2. The SMILES string of the molecule is CCC(NS(=O)(=O)c1cc(Cl)sc1Cl)c1ccc(OC)cc1. The Morgan fingerprint density at radius 2 is 1.91 bits per heavy atom. The van der Waals surface area contributed by atoms with Crippen LogP contribution < -0.4 is 9.46 Å². The number of nitrogens with one attached hydrogen (secondary N) is 1. The monoisotopic (exact) mass is 379 g/mol. The summed E-state index contributed by atoms with van der Waals surface area (Å²) in [6, 6.07) is 8.25. The lowest BCUT2D eigenvalue weighted by Gasteiger charge is -2.17. The molecule has 1 heterocycles. The molecular weight excluding hydrogens is 365 g/mol. The van der Waals surface area contributed by atoms with Crippen LogP contribution in [0.3, 0.4) is 0 Å². The molecule has 0 spiro atoms. The summed E-state index contributed by atoms with van der Waals surface area (Å²) >= 11 is 12.8. The normalized spacial score (nSPS) is 13.1. The van der Waals surface area contributed by atoms with Crippen molar-refractivity contribution < 1.29 is 13.2 Å². The number of methoxy groups -OCH3 is 1. The lowest BCUT2D eigenvalue weighted by molar-refractivity contribution is 0.414. The topological polar surface area (TPSA) is 55.4 Å². The van der Waals surface area contributed by atoms with Gasteiger partial charge in [0.15, 0.2) is 0 Å². The van der Waals surface area contributed by atoms with Gasteiger partial charge in [-0.15, -0.1) is 11.3 Å². The molecule has 0 aliphatic rings. The second kappa shape index (κ2) is 7.19. The lowest BCUT2D eigenvalue weighted by Crippen LogP contribution is -2.28. The maximum Gasteiger partial charge on any atom is 0.243 e. The highest BCUT2D eigenvalue weighted by atomic mass is 35.5. The van der Waals surface area contributed by atoms with Gasteiger partial charge in [-0.3, -0.25) is 0 Å². The van der Waals surface area contributed by atoms with Gasteiger partial charge in [0.2, 0.25) is 10.0 Å². The minimum absolute atomic E-state index is 0.0103. The van der Waals surface area contributed by atoms with Gasteiger partial charge in [-0.05, 0) is 30.2 Å². The van der Waals surface area contributed by atoms with Gasteiger partial charge in [0.05, 0.1) is 11.4 Å². The zero-order valence-corrected chi connectivity index (χ0v) is 15.1. The van der Waals surface area contributed by atoms with Gasteiger partial charge in [-0.2, -0.15) is 0 Å². The fraction of sp³-hybridized carbons (Fsp3) is 0.286. The van der Waals surface area contributed by atoms with Gasteiger partial charge >= 0.3 is 0 Å². The molecule has 0 bridgehead atoms. The maximum absolute atomic E-state index is 12.5. The minimum atomic E-state index is -3.73. The van der Waals surface area contributed by atoms with Crippen molar-refractivity contribution in [2.75, 3.05) is 7.11 Å². The second-order valence-corrected chi connectivity index (χ2v) is 8.51. The van der Waals surface area contributed by atoms with Crippen LogP contribution in [0.25, 0.3) is 0 Å². The van der Waals surface area contributed by atoms with Crippen molar-refractivity contribution >= 4 is 44.6 Å². The zero-order valence-electron chi connectivity index (χ0n) is 12.0. The van der Waals surface area contributed by atoms with E-state index in [0.717, 1.165) is 16.9 Å². The standard InChI is InChI=1S/C14H15Cl2NO3S2/c1-3-11(9-4-6-10(20-2)7-5-9)17-22(18,19)12-8-13(15)21-14(12)16/h4-8,11,17H,3H2,1-2H3. The minimum Gasteiger partial charge on any atom is -0.497 e. The van der Waals surface area contributed by atoms with E-state index in [0.29, 0.717) is 16.5 Å². The van der Waals surface area contributed by atoms with E-state index in [1.54, 1.807) is 19.2 Å². The number of sulfonamides is 1. The number of hydrogen-bond acceptors (Lipinski definition) is 4. The Hall–Kier alpha value is -0.790. The van der Waals surface area contributed by atoms with E-state index in [9.17, 15) is 8.42 Å². The molecule has 22 heavy (non-hydrogen) atoms. The molecule has 2 rings (SSSR count). The molecule has 8 heteroatoms. The van der Waals surface area contributed by atoms with E-state index >= 15 is 0 Å². The summed E-state index contributed by atoms with van der Waals surface area (Å²) < 4.78 is 33.2. The van der Waals surface area contributed by atoms with Crippen molar-refractivity contribution in [1.29, 1.82) is 0 Å². The van der Waals surface area contributed by atoms with E-state index in [2.05, 4.69) is 4.72 Å². The highest BCUT2D eigenvalue weighted by Crippen LogP contribution is 2.35. The van der Waals surface area contributed by atoms with E-state index < -0.39 is 10.0 Å². The molecule has 1 aromatic heterocycles. The van der Waals surface area contributed by atoms with Gasteiger partial charge in [0.1, 0.15) is 15.0 Å². The molecule has 0 aliphatic carbocycles. The molecule has 0 fully saturated rings. The summed E-state index contributed by atoms with van der Waals surface area (Å²) in [5.41, 5.74) is 0.851. The molecule has 1 unspecified atom stereocenters. The van der Waals surface area contributed by atoms with E-state index in [1.165, 1.54) is 6.07 Å². The third kappa shape index (κ3) is 3.94. The van der Waals surface area contributed by atoms with Crippen LogP contribution in [0.15, 0.2) is 35.2 Å². The summed E-state index contributed by atoms with van der Waals surface area (Å²) in [5, 5.41) is 0. The van der Waals surface area contributed by atoms with Crippen molar-refractivity contribution in [2.24, 2.45) is 0 Å². The second-order valence-electron chi connectivity index (χ2n) is 4.54. The van der Waals surface area contributed by atoms with Crippen LogP contribution in [0.2, 0.25) is 8.67 Å². The molecule has 120 valence electrons. The highest BCUT2D eigenvalue weighted by Gasteiger charge is 2.24. The molecule has 0 saturated carbocycles. The predicted octanol–water partition coefficient (Wildman–Crippen LogP) is 4.49. The predicted molar refractivity (Wildman–Crippen MR) is 90.7 cm³/mol. The quantitative estimate of drug-likeness (QED) is 0.803. The lowest BCUT2D eigenvalue weighted by atomic mass is 10.1. The first-order valence-electron chi connectivity index (χ1n) is 6.48. The smallest absolute Gasteiger partial charge is 0.243 e. The van der Waals surface area contributed by atoms with Crippen molar-refractivity contribution in [3.05, 3.63) is 44.6 Å². The largest absolute Gasteiger partial charge is 0.497 e. The molecule has 4 nitrogen and oxygen atoms in total. The Kier molecular flexibility index (Phi) is 5.74. The molecule has 1 atom stereocenters. The number of ether oxygens (including phenoxy) is 1. The average Bonchev–Trinajstić information content (AvgIpc) is 2.84. The summed E-state index contributed by atoms with van der Waals surface area (Å²) in [5.74, 6) is 0.717. The molecule has 0 radical (unpaired) electrons. The van der Waals surface area contributed by atoms with Gasteiger partial charge in [-0.25, -0.2) is 13.1 Å². The number of benzene rings is 1. The van der Waals surface area contributed by atoms with Crippen LogP contribution in [0, 0.1) is 0 Å². The Bertz CT molecular complexity index is 742. The van der Waals surface area contributed by atoms with Crippen molar-refractivity contribution in [1.82, 2.24) is 4.72 Å². The molecule has 2 aromatic rings. The summed E-state index contributed by atoms with van der Waals surface area (Å²) in [7, 11) is -2.15. The summed E-state index contributed by atoms with van der Waals surface area (Å²) in [6.07, 6.45) is 0.598. The summed E-state index contributed by atoms with van der Waals surface area (Å²) in [6.45, 7) is 1.90. The number of hydrogen-bond donors (Lipinski definition) is 1. The van der Waals surface area contributed by atoms with Crippen LogP contribution in [-0.4, -0.2) is 15.5 Å². The molecule has 0 aliphatic heterocycles. The number of thiophene rings is 1. The maximum atomic E-state index is 12.5. The van der Waals surface area contributed by atoms with Gasteiger partial charge in [-0.1, -0.05) is 42.3 Å². The van der Waals surface area contributed by atoms with E-state index in [-0.39, 0.29) is 15.3 Å². The Morgan fingerprint density at radius 3 is 2.36 bits per heavy atom. The highest BCUT2D eigenvalue weighted by molar-refractivity contribution is 7.89. The van der Waals surface area contributed by atoms with Crippen LogP contribution in [0.1, 0.15) is 24.9 Å². The number of halogens is 2. The first kappa shape index (κ1) is 17.6. The third-order valence-corrected chi connectivity index (χ3v) is 6.36. The Morgan fingerprint density at radius 1 is 1.27 bits per heavy atom. The van der Waals surface area contributed by atoms with Crippen LogP contribution in [0.4, 0.5) is 0 Å². The van der Waals surface area contributed by atoms with Crippen LogP contribution in [-0.2, 0) is 10.0 Å². The van der Waals surface area contributed by atoms with E-state index in [4.69, 9.17) is 27.9 Å². The molecule has 1 N–H and O–H groups in total. The van der Waals surface area contributed by atoms with Gasteiger partial charge in [0.25, 0.3) is 0 Å². The van der Waals surface area contributed by atoms with Crippen LogP contribution >= 0.6 is 34.5 Å². The van der Waals surface area contributed by atoms with Crippen molar-refractivity contribution in [3.8, 4) is 5.75 Å². The fourth-order valence-corrected chi connectivity index (χ4v) is 5.44. The van der Waals surface area contributed by atoms with Gasteiger partial charge < -0.3 is 4.74 Å². The molecule has 0 amide bonds. The van der Waals surface area contributed by atoms with Gasteiger partial charge in [0, 0.05) is 6.04 Å². The first-order chi connectivity index (χ1) is 10.4. The zero-order chi connectivity index (χ0) is 16.3. The number of rotatable bonds is 6. The van der Waals surface area contributed by atoms with Crippen molar-refractivity contribution in [3.63, 3.8) is 0 Å². The van der Waals surface area contributed by atoms with Crippen LogP contribution in [0.5, 0.6) is 5.75 Å². The average molecular weight is 380 g/mol. The Balaban J connectivity index is 2.27. The summed E-state index contributed by atoms with van der Waals surface area (Å²) in [4.78, 5) is 0.0103. The first-order valence-corrected chi connectivity index (χ1v) is 9.54. The molecule has 1 aromatic carbocycles. The molecule has 0 saturated heterocycles. The van der Waals surface area contributed by atoms with E-state index in [1.807, 2.05) is 19.1 Å².